The van der Waals surface area contributed by atoms with Crippen molar-refractivity contribution in [3.05, 3.63) is 39.6 Å². The Labute approximate surface area is 179 Å². The molecule has 1 aromatic carbocycles. The van der Waals surface area contributed by atoms with Gasteiger partial charge in [-0.25, -0.2) is 9.97 Å². The van der Waals surface area contributed by atoms with Gasteiger partial charge in [0.1, 0.15) is 17.0 Å². The second kappa shape index (κ2) is 7.38. The summed E-state index contributed by atoms with van der Waals surface area (Å²) in [6.45, 7) is 2.27. The highest BCUT2D eigenvalue weighted by atomic mass is 79.9. The lowest BCUT2D eigenvalue weighted by Gasteiger charge is -2.20. The number of rotatable bonds is 4. The number of fused-ring (bicyclic) bond motifs is 4. The molecule has 5 rings (SSSR count). The lowest BCUT2D eigenvalue weighted by atomic mass is 9.88. The summed E-state index contributed by atoms with van der Waals surface area (Å²) >= 11 is 5.27. The highest BCUT2D eigenvalue weighted by molar-refractivity contribution is 9.10. The second-order valence-electron chi connectivity index (χ2n) is 7.01. The van der Waals surface area contributed by atoms with Crippen LogP contribution in [0.4, 0.5) is 11.5 Å². The summed E-state index contributed by atoms with van der Waals surface area (Å²) in [6, 6.07) is 4.03. The van der Waals surface area contributed by atoms with E-state index in [1.807, 2.05) is 19.1 Å². The van der Waals surface area contributed by atoms with Crippen molar-refractivity contribution in [3.8, 4) is 0 Å². The molecule has 29 heavy (non-hydrogen) atoms. The van der Waals surface area contributed by atoms with E-state index < -0.39 is 0 Å². The number of aromatic nitrogens is 4. The summed E-state index contributed by atoms with van der Waals surface area (Å²) in [5.74, 6) is 0.612. The highest BCUT2D eigenvalue weighted by Gasteiger charge is 2.30. The van der Waals surface area contributed by atoms with Gasteiger partial charge in [-0.1, -0.05) is 0 Å². The van der Waals surface area contributed by atoms with Crippen molar-refractivity contribution in [3.63, 3.8) is 0 Å². The van der Waals surface area contributed by atoms with Crippen LogP contribution in [0.15, 0.2) is 29.1 Å². The second-order valence-corrected chi connectivity index (χ2v) is 8.95. The van der Waals surface area contributed by atoms with Crippen LogP contribution in [0.2, 0.25) is 0 Å². The maximum absolute atomic E-state index is 12.2. The first kappa shape index (κ1) is 18.5. The minimum absolute atomic E-state index is 0.0717. The summed E-state index contributed by atoms with van der Waals surface area (Å²) < 4.78 is 6.15. The Morgan fingerprint density at radius 1 is 1.41 bits per heavy atom. The normalized spacial score (nSPS) is 16.1. The largest absolute Gasteiger partial charge is 0.466 e. The van der Waals surface area contributed by atoms with Gasteiger partial charge in [0.05, 0.1) is 35.3 Å². The number of thiophene rings is 1. The molecule has 1 aliphatic carbocycles. The van der Waals surface area contributed by atoms with Gasteiger partial charge in [0.2, 0.25) is 0 Å². The van der Waals surface area contributed by atoms with Crippen LogP contribution < -0.4 is 5.32 Å². The van der Waals surface area contributed by atoms with E-state index in [-0.39, 0.29) is 11.9 Å². The van der Waals surface area contributed by atoms with Crippen LogP contribution in [-0.2, 0) is 22.4 Å². The lowest BCUT2D eigenvalue weighted by Crippen LogP contribution is -2.23. The predicted molar refractivity (Wildman–Crippen MR) is 117 cm³/mol. The molecule has 9 heteroatoms. The lowest BCUT2D eigenvalue weighted by molar-refractivity contribution is -0.148. The molecule has 0 radical (unpaired) electrons. The average Bonchev–Trinajstić information content (AvgIpc) is 3.31. The van der Waals surface area contributed by atoms with Crippen molar-refractivity contribution in [1.82, 2.24) is 20.2 Å². The summed E-state index contributed by atoms with van der Waals surface area (Å²) in [5, 5.41) is 12.6. The minimum Gasteiger partial charge on any atom is -0.466 e. The molecule has 0 saturated heterocycles. The van der Waals surface area contributed by atoms with Gasteiger partial charge in [0.15, 0.2) is 0 Å². The molecule has 1 aliphatic rings. The van der Waals surface area contributed by atoms with Gasteiger partial charge in [0.25, 0.3) is 0 Å². The number of H-pyrrole nitrogens is 1. The van der Waals surface area contributed by atoms with E-state index in [2.05, 4.69) is 41.4 Å². The van der Waals surface area contributed by atoms with E-state index in [0.29, 0.717) is 13.0 Å². The van der Waals surface area contributed by atoms with Crippen molar-refractivity contribution in [1.29, 1.82) is 0 Å². The number of esters is 1. The molecule has 0 saturated carbocycles. The quantitative estimate of drug-likeness (QED) is 0.417. The van der Waals surface area contributed by atoms with E-state index in [0.717, 1.165) is 49.9 Å². The van der Waals surface area contributed by atoms with Crippen LogP contribution >= 0.6 is 27.3 Å². The Kier molecular flexibility index (Phi) is 4.71. The zero-order valence-corrected chi connectivity index (χ0v) is 18.1. The number of aromatic amines is 1. The molecule has 0 bridgehead atoms. The number of hydrogen-bond acceptors (Lipinski definition) is 7. The number of aryl methyl sites for hydroxylation is 1. The third kappa shape index (κ3) is 3.28. The number of anilines is 2. The number of nitrogens with one attached hydrogen (secondary N) is 2. The van der Waals surface area contributed by atoms with E-state index in [9.17, 15) is 4.79 Å². The third-order valence-corrected chi connectivity index (χ3v) is 7.06. The van der Waals surface area contributed by atoms with E-state index in [1.165, 1.54) is 10.4 Å². The first-order chi connectivity index (χ1) is 14.1. The van der Waals surface area contributed by atoms with E-state index in [4.69, 9.17) is 4.74 Å². The number of nitrogens with zero attached hydrogens (tertiary/aromatic N) is 3. The molecule has 3 aromatic heterocycles. The first-order valence-corrected chi connectivity index (χ1v) is 11.1. The Balaban J connectivity index is 1.52. The van der Waals surface area contributed by atoms with Crippen LogP contribution in [0.3, 0.4) is 0 Å². The van der Waals surface area contributed by atoms with Gasteiger partial charge < -0.3 is 10.1 Å². The zero-order chi connectivity index (χ0) is 20.0. The van der Waals surface area contributed by atoms with Gasteiger partial charge in [0, 0.05) is 14.7 Å². The van der Waals surface area contributed by atoms with Crippen LogP contribution in [0.1, 0.15) is 23.8 Å². The fraction of sp³-hybridized carbons (Fsp3) is 0.300. The molecular weight excluding hydrogens is 454 g/mol. The number of hydrogen-bond donors (Lipinski definition) is 2. The fourth-order valence-corrected chi connectivity index (χ4v) is 5.56. The zero-order valence-electron chi connectivity index (χ0n) is 15.7. The molecule has 0 fully saturated rings. The van der Waals surface area contributed by atoms with Gasteiger partial charge in [-0.05, 0) is 59.8 Å². The van der Waals surface area contributed by atoms with Crippen molar-refractivity contribution in [2.45, 2.75) is 26.2 Å². The SMILES string of the molecule is CCOC(=O)[C@H]1CCc2c(sc3ncnc(Nc4cc5cn[nH]c5cc4Br)c23)C1. The molecule has 4 aromatic rings. The number of carbonyl (C=O) groups is 1. The molecule has 1 atom stereocenters. The van der Waals surface area contributed by atoms with Crippen LogP contribution in [0.25, 0.3) is 21.1 Å². The average molecular weight is 472 g/mol. The van der Waals surface area contributed by atoms with Crippen molar-refractivity contribution in [2.24, 2.45) is 5.92 Å². The molecule has 148 valence electrons. The summed E-state index contributed by atoms with van der Waals surface area (Å²) in [6.07, 6.45) is 5.70. The summed E-state index contributed by atoms with van der Waals surface area (Å²) in [4.78, 5) is 23.3. The Morgan fingerprint density at radius 2 is 2.31 bits per heavy atom. The van der Waals surface area contributed by atoms with Gasteiger partial charge >= 0.3 is 5.97 Å². The third-order valence-electron chi connectivity index (χ3n) is 5.25. The molecular formula is C20H18BrN5O2S. The van der Waals surface area contributed by atoms with Gasteiger partial charge in [-0.3, -0.25) is 9.89 Å². The smallest absolute Gasteiger partial charge is 0.309 e. The van der Waals surface area contributed by atoms with E-state index in [1.54, 1.807) is 23.9 Å². The molecule has 0 amide bonds. The number of carbonyl (C=O) groups excluding carboxylic acids is 1. The Morgan fingerprint density at radius 3 is 3.17 bits per heavy atom. The molecule has 0 aliphatic heterocycles. The van der Waals surface area contributed by atoms with Crippen molar-refractivity contribution >= 4 is 65.9 Å². The Hall–Kier alpha value is -2.52. The van der Waals surface area contributed by atoms with Gasteiger partial charge in [-0.15, -0.1) is 11.3 Å². The number of ether oxygens (including phenoxy) is 1. The maximum Gasteiger partial charge on any atom is 0.309 e. The summed E-state index contributed by atoms with van der Waals surface area (Å²) in [7, 11) is 0. The van der Waals surface area contributed by atoms with Crippen molar-refractivity contribution in [2.75, 3.05) is 11.9 Å². The van der Waals surface area contributed by atoms with Crippen LogP contribution in [-0.4, -0.2) is 32.7 Å². The summed E-state index contributed by atoms with van der Waals surface area (Å²) in [5.41, 5.74) is 3.13. The Bertz CT molecular complexity index is 1230. The van der Waals surface area contributed by atoms with E-state index >= 15 is 0 Å². The topological polar surface area (TPSA) is 92.8 Å². The molecule has 3 heterocycles. The molecule has 2 N–H and O–H groups in total. The van der Waals surface area contributed by atoms with Gasteiger partial charge in [-0.2, -0.15) is 5.10 Å². The fourth-order valence-electron chi connectivity index (χ4n) is 3.85. The standard InChI is InChI=1S/C20H18BrN5O2S/c1-2-28-20(27)10-3-4-12-16(6-10)29-19-17(12)18(22-9-23-19)25-15-5-11-8-24-26-14(11)7-13(15)21/h5,7-10H,2-4,6H2,1H3,(H,24,26)(H,22,23,25)/t10-/m0/s1. The number of halogens is 1. The van der Waals surface area contributed by atoms with Crippen LogP contribution in [0.5, 0.6) is 0 Å². The monoisotopic (exact) mass is 471 g/mol. The van der Waals surface area contributed by atoms with Crippen molar-refractivity contribution < 1.29 is 9.53 Å². The maximum atomic E-state index is 12.2. The molecule has 0 unspecified atom stereocenters. The van der Waals surface area contributed by atoms with Crippen LogP contribution in [0, 0.1) is 5.92 Å². The first-order valence-electron chi connectivity index (χ1n) is 9.45. The minimum atomic E-state index is -0.0996. The number of benzene rings is 1. The molecule has 7 nitrogen and oxygen atoms in total. The predicted octanol–water partition coefficient (Wildman–Crippen LogP) is 4.74. The highest BCUT2D eigenvalue weighted by Crippen LogP contribution is 2.41. The molecule has 0 spiro atoms.